The number of nitrogens with one attached hydrogen (secondary N) is 2. The summed E-state index contributed by atoms with van der Waals surface area (Å²) in [6.07, 6.45) is 0. The Balaban J connectivity index is 2.00. The van der Waals surface area contributed by atoms with E-state index in [0.29, 0.717) is 21.4 Å². The Hall–Kier alpha value is -1.89. The van der Waals surface area contributed by atoms with E-state index in [1.54, 1.807) is 11.3 Å². The van der Waals surface area contributed by atoms with E-state index >= 15 is 0 Å². The molecule has 0 amide bonds. The van der Waals surface area contributed by atoms with Crippen LogP contribution in [0.3, 0.4) is 0 Å². The normalized spacial score (nSPS) is 17.3. The van der Waals surface area contributed by atoms with Crippen LogP contribution in [0.15, 0.2) is 47.7 Å². The lowest BCUT2D eigenvalue weighted by molar-refractivity contribution is -0.136. The van der Waals surface area contributed by atoms with Crippen LogP contribution in [-0.2, 0) is 9.53 Å². The second-order valence-electron chi connectivity index (χ2n) is 5.27. The van der Waals surface area contributed by atoms with Gasteiger partial charge in [-0.2, -0.15) is 0 Å². The number of methoxy groups -OCH3 is 1. The van der Waals surface area contributed by atoms with Crippen molar-refractivity contribution in [3.63, 3.8) is 0 Å². The molecule has 2 aromatic rings. The van der Waals surface area contributed by atoms with Gasteiger partial charge >= 0.3 is 5.97 Å². The fourth-order valence-corrected chi connectivity index (χ4v) is 4.12. The Kier molecular flexibility index (Phi) is 4.89. The molecule has 124 valence electrons. The average Bonchev–Trinajstić information content (AvgIpc) is 3.03. The lowest BCUT2D eigenvalue weighted by atomic mass is 10.0. The van der Waals surface area contributed by atoms with Crippen LogP contribution in [0.5, 0.6) is 0 Å². The standard InChI is InChI=1S/C17H15ClN2O2S2/c1-9-14(16(21)22-2)15(20-17(23)19-9)13-7-6-12(24-13)10-4-3-5-11(18)8-10/h3-8,15H,1-2H3,(H2,19,20,23)/t15-/m1/s1. The van der Waals surface area contributed by atoms with Crippen molar-refractivity contribution in [1.82, 2.24) is 10.6 Å². The van der Waals surface area contributed by atoms with Crippen LogP contribution < -0.4 is 10.6 Å². The molecule has 1 aliphatic rings. The fourth-order valence-electron chi connectivity index (χ4n) is 2.59. The van der Waals surface area contributed by atoms with E-state index in [9.17, 15) is 4.79 Å². The van der Waals surface area contributed by atoms with Crippen molar-refractivity contribution in [1.29, 1.82) is 0 Å². The van der Waals surface area contributed by atoms with Crippen LogP contribution in [0, 0.1) is 0 Å². The zero-order valence-corrected chi connectivity index (χ0v) is 15.4. The topological polar surface area (TPSA) is 50.4 Å². The maximum Gasteiger partial charge on any atom is 0.337 e. The Labute approximate surface area is 154 Å². The highest BCUT2D eigenvalue weighted by atomic mass is 35.5. The van der Waals surface area contributed by atoms with Crippen molar-refractivity contribution in [3.05, 3.63) is 57.6 Å². The third-order valence-electron chi connectivity index (χ3n) is 3.69. The Morgan fingerprint density at radius 3 is 2.83 bits per heavy atom. The largest absolute Gasteiger partial charge is 0.466 e. The summed E-state index contributed by atoms with van der Waals surface area (Å²) in [5.74, 6) is -0.377. The van der Waals surface area contributed by atoms with Gasteiger partial charge in [0.2, 0.25) is 0 Å². The molecule has 1 aromatic heterocycles. The number of thiocarbonyl (C=S) groups is 1. The number of halogens is 1. The minimum atomic E-state index is -0.377. The van der Waals surface area contributed by atoms with Gasteiger partial charge in [0.25, 0.3) is 0 Å². The molecule has 1 aromatic carbocycles. The van der Waals surface area contributed by atoms with E-state index in [0.717, 1.165) is 15.3 Å². The Morgan fingerprint density at radius 1 is 1.33 bits per heavy atom. The molecule has 1 atom stereocenters. The van der Waals surface area contributed by atoms with Gasteiger partial charge in [0.05, 0.1) is 18.7 Å². The van der Waals surface area contributed by atoms with Gasteiger partial charge in [0.1, 0.15) is 0 Å². The molecule has 0 spiro atoms. The molecular weight excluding hydrogens is 364 g/mol. The number of hydrogen-bond donors (Lipinski definition) is 2. The molecule has 2 heterocycles. The van der Waals surface area contributed by atoms with E-state index in [4.69, 9.17) is 28.6 Å². The zero-order chi connectivity index (χ0) is 17.3. The average molecular weight is 379 g/mol. The van der Waals surface area contributed by atoms with Gasteiger partial charge in [-0.1, -0.05) is 23.7 Å². The summed E-state index contributed by atoms with van der Waals surface area (Å²) in [5.41, 5.74) is 2.27. The number of hydrogen-bond acceptors (Lipinski definition) is 4. The summed E-state index contributed by atoms with van der Waals surface area (Å²) >= 11 is 12.9. The van der Waals surface area contributed by atoms with Crippen LogP contribution in [-0.4, -0.2) is 18.2 Å². The number of ether oxygens (including phenoxy) is 1. The number of carbonyl (C=O) groups excluding carboxylic acids is 1. The van der Waals surface area contributed by atoms with Crippen LogP contribution in [0.2, 0.25) is 5.02 Å². The van der Waals surface area contributed by atoms with Gasteiger partial charge in [-0.05, 0) is 49.0 Å². The third kappa shape index (κ3) is 3.31. The van der Waals surface area contributed by atoms with Gasteiger partial charge in [-0.15, -0.1) is 11.3 Å². The molecule has 2 N–H and O–H groups in total. The second kappa shape index (κ2) is 6.93. The van der Waals surface area contributed by atoms with E-state index in [-0.39, 0.29) is 12.0 Å². The minimum Gasteiger partial charge on any atom is -0.466 e. The van der Waals surface area contributed by atoms with Crippen LogP contribution >= 0.6 is 35.2 Å². The first-order chi connectivity index (χ1) is 11.5. The van der Waals surface area contributed by atoms with Crippen LogP contribution in [0.1, 0.15) is 17.8 Å². The summed E-state index contributed by atoms with van der Waals surface area (Å²) in [6, 6.07) is 11.4. The second-order valence-corrected chi connectivity index (χ2v) is 7.23. The number of allylic oxidation sites excluding steroid dienone is 1. The maximum absolute atomic E-state index is 12.2. The summed E-state index contributed by atoms with van der Waals surface area (Å²) in [7, 11) is 1.37. The predicted molar refractivity (Wildman–Crippen MR) is 101 cm³/mol. The van der Waals surface area contributed by atoms with Crippen molar-refractivity contribution in [2.24, 2.45) is 0 Å². The quantitative estimate of drug-likeness (QED) is 0.623. The first kappa shape index (κ1) is 17.0. The molecular formula is C17H15ClN2O2S2. The summed E-state index contributed by atoms with van der Waals surface area (Å²) < 4.78 is 4.92. The van der Waals surface area contributed by atoms with Crippen molar-refractivity contribution < 1.29 is 9.53 Å². The predicted octanol–water partition coefficient (Wildman–Crippen LogP) is 4.03. The maximum atomic E-state index is 12.2. The van der Waals surface area contributed by atoms with Crippen molar-refractivity contribution in [2.75, 3.05) is 7.11 Å². The SMILES string of the molecule is COC(=O)C1=C(C)NC(=S)N[C@@H]1c1ccc(-c2cccc(Cl)c2)s1. The van der Waals surface area contributed by atoms with Gasteiger partial charge in [-0.25, -0.2) is 4.79 Å². The molecule has 7 heteroatoms. The molecule has 1 aliphatic heterocycles. The highest BCUT2D eigenvalue weighted by Gasteiger charge is 2.31. The molecule has 4 nitrogen and oxygen atoms in total. The minimum absolute atomic E-state index is 0.330. The molecule has 0 bridgehead atoms. The highest BCUT2D eigenvalue weighted by molar-refractivity contribution is 7.80. The van der Waals surface area contributed by atoms with E-state index in [2.05, 4.69) is 10.6 Å². The smallest absolute Gasteiger partial charge is 0.337 e. The number of thiophene rings is 1. The summed E-state index contributed by atoms with van der Waals surface area (Å²) in [4.78, 5) is 14.2. The van der Waals surface area contributed by atoms with Gasteiger partial charge in [0.15, 0.2) is 5.11 Å². The third-order valence-corrected chi connectivity index (χ3v) is 5.35. The molecule has 0 radical (unpaired) electrons. The Morgan fingerprint density at radius 2 is 2.12 bits per heavy atom. The molecule has 0 saturated carbocycles. The monoisotopic (exact) mass is 378 g/mol. The number of esters is 1. The first-order valence-corrected chi connectivity index (χ1v) is 8.82. The van der Waals surface area contributed by atoms with Crippen molar-refractivity contribution >= 4 is 46.2 Å². The van der Waals surface area contributed by atoms with Crippen molar-refractivity contribution in [3.8, 4) is 10.4 Å². The summed E-state index contributed by atoms with van der Waals surface area (Å²) in [6.45, 7) is 1.82. The van der Waals surface area contributed by atoms with E-state index in [1.807, 2.05) is 43.3 Å². The zero-order valence-electron chi connectivity index (χ0n) is 13.1. The van der Waals surface area contributed by atoms with E-state index in [1.165, 1.54) is 7.11 Å². The summed E-state index contributed by atoms with van der Waals surface area (Å²) in [5, 5.41) is 7.31. The van der Waals surface area contributed by atoms with Crippen LogP contribution in [0.4, 0.5) is 0 Å². The highest BCUT2D eigenvalue weighted by Crippen LogP contribution is 2.36. The van der Waals surface area contributed by atoms with Crippen molar-refractivity contribution in [2.45, 2.75) is 13.0 Å². The first-order valence-electron chi connectivity index (χ1n) is 7.22. The number of carbonyl (C=O) groups is 1. The molecule has 3 rings (SSSR count). The lowest BCUT2D eigenvalue weighted by Crippen LogP contribution is -2.44. The molecule has 0 saturated heterocycles. The molecule has 0 fully saturated rings. The fraction of sp³-hybridized carbons (Fsp3) is 0.176. The number of rotatable bonds is 3. The molecule has 24 heavy (non-hydrogen) atoms. The Bertz CT molecular complexity index is 845. The number of benzene rings is 1. The van der Waals surface area contributed by atoms with E-state index < -0.39 is 0 Å². The van der Waals surface area contributed by atoms with Gasteiger partial charge < -0.3 is 15.4 Å². The molecule has 0 aliphatic carbocycles. The van der Waals surface area contributed by atoms with Crippen LogP contribution in [0.25, 0.3) is 10.4 Å². The lowest BCUT2D eigenvalue weighted by Gasteiger charge is -2.28. The molecule has 0 unspecified atom stereocenters. The van der Waals surface area contributed by atoms with Gasteiger partial charge in [0, 0.05) is 20.5 Å². The van der Waals surface area contributed by atoms with Gasteiger partial charge in [-0.3, -0.25) is 0 Å².